The highest BCUT2D eigenvalue weighted by molar-refractivity contribution is 6.00. The van der Waals surface area contributed by atoms with Gasteiger partial charge in [0.25, 0.3) is 0 Å². The van der Waals surface area contributed by atoms with Crippen LogP contribution in [0.25, 0.3) is 10.8 Å². The van der Waals surface area contributed by atoms with Crippen LogP contribution in [-0.4, -0.2) is 26.2 Å². The van der Waals surface area contributed by atoms with E-state index in [1.54, 1.807) is 32.4 Å². The predicted octanol–water partition coefficient (Wildman–Crippen LogP) is 4.30. The zero-order chi connectivity index (χ0) is 18.5. The van der Waals surface area contributed by atoms with Crippen molar-refractivity contribution in [2.75, 3.05) is 24.9 Å². The highest BCUT2D eigenvalue weighted by Crippen LogP contribution is 2.29. The first-order chi connectivity index (χ1) is 12.6. The number of carbonyl (C=O) groups is 1. The Hall–Kier alpha value is -3.21. The van der Waals surface area contributed by atoms with E-state index >= 15 is 0 Å². The lowest BCUT2D eigenvalue weighted by molar-refractivity contribution is -0.116. The van der Waals surface area contributed by atoms with E-state index in [1.807, 2.05) is 49.4 Å². The first kappa shape index (κ1) is 17.6. The number of nitrogens with one attached hydrogen (secondary N) is 2. The number of anilines is 2. The minimum atomic E-state index is -0.434. The van der Waals surface area contributed by atoms with Crippen molar-refractivity contribution in [1.29, 1.82) is 0 Å². The number of methoxy groups -OCH3 is 2. The summed E-state index contributed by atoms with van der Waals surface area (Å²) in [4.78, 5) is 12.7. The van der Waals surface area contributed by atoms with Gasteiger partial charge in [-0.2, -0.15) is 0 Å². The van der Waals surface area contributed by atoms with Gasteiger partial charge >= 0.3 is 0 Å². The predicted molar refractivity (Wildman–Crippen MR) is 105 cm³/mol. The Morgan fingerprint density at radius 3 is 2.46 bits per heavy atom. The van der Waals surface area contributed by atoms with Gasteiger partial charge in [-0.05, 0) is 30.5 Å². The van der Waals surface area contributed by atoms with Crippen LogP contribution in [0, 0.1) is 0 Å². The van der Waals surface area contributed by atoms with Gasteiger partial charge in [-0.25, -0.2) is 0 Å². The standard InChI is InChI=1S/C21H22N2O3/c1-14(22-18-10-6-8-15-7-4-5-9-17(15)18)21(24)23-19-13-16(25-2)11-12-20(19)26-3/h4-14,22H,1-3H3,(H,23,24). The smallest absolute Gasteiger partial charge is 0.246 e. The van der Waals surface area contributed by atoms with Gasteiger partial charge in [-0.15, -0.1) is 0 Å². The molecule has 26 heavy (non-hydrogen) atoms. The second kappa shape index (κ2) is 7.78. The second-order valence-corrected chi connectivity index (χ2v) is 5.95. The summed E-state index contributed by atoms with van der Waals surface area (Å²) in [6, 6.07) is 18.9. The zero-order valence-electron chi connectivity index (χ0n) is 15.1. The molecule has 0 saturated heterocycles. The van der Waals surface area contributed by atoms with E-state index in [0.29, 0.717) is 17.2 Å². The van der Waals surface area contributed by atoms with E-state index < -0.39 is 6.04 Å². The molecule has 134 valence electrons. The number of ether oxygens (including phenoxy) is 2. The summed E-state index contributed by atoms with van der Waals surface area (Å²) in [5, 5.41) is 8.39. The maximum atomic E-state index is 12.7. The molecule has 5 nitrogen and oxygen atoms in total. The normalized spacial score (nSPS) is 11.7. The van der Waals surface area contributed by atoms with E-state index in [2.05, 4.69) is 10.6 Å². The number of carbonyl (C=O) groups excluding carboxylic acids is 1. The van der Waals surface area contributed by atoms with Crippen molar-refractivity contribution in [2.45, 2.75) is 13.0 Å². The summed E-state index contributed by atoms with van der Waals surface area (Å²) in [7, 11) is 3.15. The molecule has 0 aliphatic carbocycles. The molecule has 5 heteroatoms. The largest absolute Gasteiger partial charge is 0.497 e. The van der Waals surface area contributed by atoms with Gasteiger partial charge in [0.15, 0.2) is 0 Å². The Labute approximate surface area is 152 Å². The monoisotopic (exact) mass is 350 g/mol. The third kappa shape index (κ3) is 3.72. The van der Waals surface area contributed by atoms with E-state index in [1.165, 1.54) is 0 Å². The number of amides is 1. The molecular weight excluding hydrogens is 328 g/mol. The third-order valence-corrected chi connectivity index (χ3v) is 4.22. The van der Waals surface area contributed by atoms with Crippen molar-refractivity contribution < 1.29 is 14.3 Å². The van der Waals surface area contributed by atoms with Crippen LogP contribution in [-0.2, 0) is 4.79 Å². The Balaban J connectivity index is 1.78. The molecule has 0 aliphatic heterocycles. The molecule has 2 N–H and O–H groups in total. The fourth-order valence-electron chi connectivity index (χ4n) is 2.80. The third-order valence-electron chi connectivity index (χ3n) is 4.22. The Kier molecular flexibility index (Phi) is 5.27. The van der Waals surface area contributed by atoms with E-state index in [9.17, 15) is 4.79 Å². The molecule has 0 bridgehead atoms. The van der Waals surface area contributed by atoms with Crippen LogP contribution in [0.3, 0.4) is 0 Å². The minimum Gasteiger partial charge on any atom is -0.497 e. The van der Waals surface area contributed by atoms with Crippen LogP contribution >= 0.6 is 0 Å². The van der Waals surface area contributed by atoms with E-state index in [0.717, 1.165) is 16.5 Å². The Morgan fingerprint density at radius 2 is 1.69 bits per heavy atom. The Morgan fingerprint density at radius 1 is 0.923 bits per heavy atom. The minimum absolute atomic E-state index is 0.163. The van der Waals surface area contributed by atoms with Gasteiger partial charge in [-0.3, -0.25) is 4.79 Å². The molecule has 0 heterocycles. The van der Waals surface area contributed by atoms with Gasteiger partial charge in [0, 0.05) is 17.1 Å². The summed E-state index contributed by atoms with van der Waals surface area (Å²) in [5.41, 5.74) is 1.49. The Bertz CT molecular complexity index is 919. The molecular formula is C21H22N2O3. The number of hydrogen-bond acceptors (Lipinski definition) is 4. The lowest BCUT2D eigenvalue weighted by Gasteiger charge is -2.18. The molecule has 0 aromatic heterocycles. The fraction of sp³-hybridized carbons (Fsp3) is 0.190. The summed E-state index contributed by atoms with van der Waals surface area (Å²) in [6.07, 6.45) is 0. The van der Waals surface area contributed by atoms with Crippen molar-refractivity contribution in [2.24, 2.45) is 0 Å². The molecule has 1 amide bonds. The average Bonchev–Trinajstić information content (AvgIpc) is 2.68. The molecule has 1 atom stereocenters. The van der Waals surface area contributed by atoms with Gasteiger partial charge in [0.1, 0.15) is 17.5 Å². The van der Waals surface area contributed by atoms with Crippen LogP contribution in [0.5, 0.6) is 11.5 Å². The van der Waals surface area contributed by atoms with Crippen molar-refractivity contribution in [3.8, 4) is 11.5 Å². The van der Waals surface area contributed by atoms with Crippen LogP contribution in [0.1, 0.15) is 6.92 Å². The van der Waals surface area contributed by atoms with Crippen LogP contribution in [0.15, 0.2) is 60.7 Å². The first-order valence-corrected chi connectivity index (χ1v) is 8.39. The molecule has 3 rings (SSSR count). The number of benzene rings is 3. The lowest BCUT2D eigenvalue weighted by atomic mass is 10.1. The maximum Gasteiger partial charge on any atom is 0.246 e. The highest BCUT2D eigenvalue weighted by Gasteiger charge is 2.16. The zero-order valence-corrected chi connectivity index (χ0v) is 15.1. The summed E-state index contributed by atoms with van der Waals surface area (Å²) in [5.74, 6) is 1.07. The molecule has 0 aliphatic rings. The maximum absolute atomic E-state index is 12.7. The molecule has 1 unspecified atom stereocenters. The van der Waals surface area contributed by atoms with Crippen LogP contribution < -0.4 is 20.1 Å². The van der Waals surface area contributed by atoms with Crippen molar-refractivity contribution in [3.05, 3.63) is 60.7 Å². The van der Waals surface area contributed by atoms with Crippen LogP contribution in [0.2, 0.25) is 0 Å². The van der Waals surface area contributed by atoms with Gasteiger partial charge in [-0.1, -0.05) is 36.4 Å². The van der Waals surface area contributed by atoms with Gasteiger partial charge < -0.3 is 20.1 Å². The topological polar surface area (TPSA) is 59.6 Å². The molecule has 3 aromatic rings. The summed E-state index contributed by atoms with van der Waals surface area (Å²) < 4.78 is 10.5. The van der Waals surface area contributed by atoms with Crippen LogP contribution in [0.4, 0.5) is 11.4 Å². The lowest BCUT2D eigenvalue weighted by Crippen LogP contribution is -2.32. The van der Waals surface area contributed by atoms with E-state index in [4.69, 9.17) is 9.47 Å². The second-order valence-electron chi connectivity index (χ2n) is 5.95. The van der Waals surface area contributed by atoms with E-state index in [-0.39, 0.29) is 5.91 Å². The fourth-order valence-corrected chi connectivity index (χ4v) is 2.80. The quantitative estimate of drug-likeness (QED) is 0.696. The summed E-state index contributed by atoms with van der Waals surface area (Å²) >= 11 is 0. The molecule has 3 aromatic carbocycles. The average molecular weight is 350 g/mol. The van der Waals surface area contributed by atoms with Gasteiger partial charge in [0.05, 0.1) is 19.9 Å². The SMILES string of the molecule is COc1ccc(OC)c(NC(=O)C(C)Nc2cccc3ccccc23)c1. The molecule has 0 fully saturated rings. The van der Waals surface area contributed by atoms with Crippen molar-refractivity contribution in [1.82, 2.24) is 0 Å². The molecule has 0 radical (unpaired) electrons. The van der Waals surface area contributed by atoms with Crippen molar-refractivity contribution in [3.63, 3.8) is 0 Å². The van der Waals surface area contributed by atoms with Gasteiger partial charge in [0.2, 0.25) is 5.91 Å². The molecule has 0 spiro atoms. The first-order valence-electron chi connectivity index (χ1n) is 8.39. The number of hydrogen-bond donors (Lipinski definition) is 2. The number of fused-ring (bicyclic) bond motifs is 1. The summed E-state index contributed by atoms with van der Waals surface area (Å²) in [6.45, 7) is 1.82. The highest BCUT2D eigenvalue weighted by atomic mass is 16.5. The van der Waals surface area contributed by atoms with Crippen molar-refractivity contribution >= 4 is 28.1 Å². The number of rotatable bonds is 6. The molecule has 0 saturated carbocycles.